The summed E-state index contributed by atoms with van der Waals surface area (Å²) in [5, 5.41) is 4.08. The van der Waals surface area contributed by atoms with Crippen molar-refractivity contribution in [3.05, 3.63) is 17.0 Å². The van der Waals surface area contributed by atoms with E-state index in [0.717, 1.165) is 12.2 Å². The fourth-order valence-corrected chi connectivity index (χ4v) is 2.24. The number of aromatic nitrogens is 1. The third-order valence-corrected chi connectivity index (χ3v) is 2.81. The summed E-state index contributed by atoms with van der Waals surface area (Å²) in [4.78, 5) is 0. The Labute approximate surface area is 72.9 Å². The quantitative estimate of drug-likeness (QED) is 0.639. The van der Waals surface area contributed by atoms with Gasteiger partial charge in [-0.05, 0) is 18.8 Å². The van der Waals surface area contributed by atoms with E-state index < -0.39 is 0 Å². The fourth-order valence-electron chi connectivity index (χ4n) is 2.24. The zero-order valence-corrected chi connectivity index (χ0v) is 7.92. The highest BCUT2D eigenvalue weighted by atomic mass is 16.5. The van der Waals surface area contributed by atoms with E-state index in [1.165, 1.54) is 17.7 Å². The van der Waals surface area contributed by atoms with Gasteiger partial charge in [-0.2, -0.15) is 0 Å². The zero-order valence-electron chi connectivity index (χ0n) is 7.92. The maximum Gasteiger partial charge on any atom is 0.143 e. The molecule has 0 aliphatic heterocycles. The lowest BCUT2D eigenvalue weighted by Crippen LogP contribution is -1.91. The van der Waals surface area contributed by atoms with E-state index in [1.807, 2.05) is 0 Å². The minimum absolute atomic E-state index is 0.572. The van der Waals surface area contributed by atoms with Gasteiger partial charge in [0.05, 0.1) is 5.69 Å². The van der Waals surface area contributed by atoms with E-state index in [-0.39, 0.29) is 0 Å². The molecule has 2 rings (SSSR count). The predicted molar refractivity (Wildman–Crippen MR) is 47.3 cm³/mol. The monoisotopic (exact) mass is 165 g/mol. The van der Waals surface area contributed by atoms with Crippen LogP contribution in [0.1, 0.15) is 56.0 Å². The molecule has 1 aliphatic carbocycles. The van der Waals surface area contributed by atoms with Gasteiger partial charge in [0.15, 0.2) is 0 Å². The van der Waals surface area contributed by atoms with Crippen LogP contribution in [0.25, 0.3) is 0 Å². The van der Waals surface area contributed by atoms with Crippen LogP contribution in [-0.4, -0.2) is 5.16 Å². The first kappa shape index (κ1) is 7.84. The second kappa shape index (κ2) is 2.61. The predicted octanol–water partition coefficient (Wildman–Crippen LogP) is 2.85. The second-order valence-corrected chi connectivity index (χ2v) is 3.80. The molecule has 66 valence electrons. The van der Waals surface area contributed by atoms with Crippen molar-refractivity contribution in [3.63, 3.8) is 0 Å². The average molecular weight is 165 g/mol. The molecule has 2 heteroatoms. The van der Waals surface area contributed by atoms with Crippen LogP contribution in [0, 0.1) is 0 Å². The molecule has 0 fully saturated rings. The van der Waals surface area contributed by atoms with Crippen molar-refractivity contribution in [2.75, 3.05) is 0 Å². The van der Waals surface area contributed by atoms with E-state index in [9.17, 15) is 0 Å². The molecule has 0 N–H and O–H groups in total. The van der Waals surface area contributed by atoms with Crippen molar-refractivity contribution < 1.29 is 4.52 Å². The summed E-state index contributed by atoms with van der Waals surface area (Å²) in [6, 6.07) is 0. The first-order valence-electron chi connectivity index (χ1n) is 4.72. The number of fused-ring (bicyclic) bond motifs is 1. The highest BCUT2D eigenvalue weighted by Crippen LogP contribution is 2.42. The van der Waals surface area contributed by atoms with Gasteiger partial charge in [-0.15, -0.1) is 0 Å². The molecule has 0 spiro atoms. The van der Waals surface area contributed by atoms with E-state index in [1.54, 1.807) is 0 Å². The Kier molecular flexibility index (Phi) is 1.71. The van der Waals surface area contributed by atoms with Crippen LogP contribution in [0.15, 0.2) is 4.52 Å². The fraction of sp³-hybridized carbons (Fsp3) is 0.700. The second-order valence-electron chi connectivity index (χ2n) is 3.80. The highest BCUT2D eigenvalue weighted by Gasteiger charge is 2.32. The molecule has 12 heavy (non-hydrogen) atoms. The van der Waals surface area contributed by atoms with Crippen LogP contribution in [0.2, 0.25) is 0 Å². The van der Waals surface area contributed by atoms with Crippen molar-refractivity contribution in [1.29, 1.82) is 0 Å². The maximum absolute atomic E-state index is 5.33. The van der Waals surface area contributed by atoms with Crippen LogP contribution in [0.4, 0.5) is 0 Å². The largest absolute Gasteiger partial charge is 0.361 e. The van der Waals surface area contributed by atoms with Gasteiger partial charge in [0.1, 0.15) is 5.76 Å². The molecule has 0 unspecified atom stereocenters. The number of hydrogen-bond acceptors (Lipinski definition) is 2. The Balaban J connectivity index is 2.48. The number of nitrogens with zero attached hydrogens (tertiary/aromatic N) is 1. The van der Waals surface area contributed by atoms with Gasteiger partial charge in [-0.25, -0.2) is 0 Å². The molecule has 0 amide bonds. The molecule has 0 radical (unpaired) electrons. The Bertz CT molecular complexity index is 290. The SMILES string of the molecule is CCc1noc2c1[C@H](C)C[C@@H]2C. The lowest BCUT2D eigenvalue weighted by atomic mass is 10.0. The van der Waals surface area contributed by atoms with Gasteiger partial charge in [0.2, 0.25) is 0 Å². The summed E-state index contributed by atoms with van der Waals surface area (Å²) in [5.74, 6) is 2.36. The smallest absolute Gasteiger partial charge is 0.143 e. The molecule has 2 nitrogen and oxygen atoms in total. The van der Waals surface area contributed by atoms with Gasteiger partial charge < -0.3 is 4.52 Å². The summed E-state index contributed by atoms with van der Waals surface area (Å²) < 4.78 is 5.33. The first-order chi connectivity index (χ1) is 5.74. The lowest BCUT2D eigenvalue weighted by molar-refractivity contribution is 0.362. The summed E-state index contributed by atoms with van der Waals surface area (Å²) >= 11 is 0. The van der Waals surface area contributed by atoms with E-state index >= 15 is 0 Å². The van der Waals surface area contributed by atoms with E-state index in [0.29, 0.717) is 11.8 Å². The Morgan fingerprint density at radius 3 is 2.83 bits per heavy atom. The van der Waals surface area contributed by atoms with Crippen molar-refractivity contribution in [2.45, 2.75) is 45.4 Å². The van der Waals surface area contributed by atoms with Crippen LogP contribution in [-0.2, 0) is 6.42 Å². The molecule has 1 heterocycles. The molecule has 0 aromatic carbocycles. The Morgan fingerprint density at radius 2 is 2.17 bits per heavy atom. The molecule has 0 saturated heterocycles. The van der Waals surface area contributed by atoms with E-state index in [4.69, 9.17) is 4.52 Å². The van der Waals surface area contributed by atoms with Crippen molar-refractivity contribution >= 4 is 0 Å². The lowest BCUT2D eigenvalue weighted by Gasteiger charge is -2.01. The molecule has 1 aromatic rings. The molecule has 0 bridgehead atoms. The Hall–Kier alpha value is -0.790. The van der Waals surface area contributed by atoms with Crippen LogP contribution >= 0.6 is 0 Å². The van der Waals surface area contributed by atoms with Crippen LogP contribution < -0.4 is 0 Å². The third-order valence-electron chi connectivity index (χ3n) is 2.81. The van der Waals surface area contributed by atoms with Crippen LogP contribution in [0.5, 0.6) is 0 Å². The number of rotatable bonds is 1. The average Bonchev–Trinajstić information content (AvgIpc) is 2.55. The van der Waals surface area contributed by atoms with Gasteiger partial charge >= 0.3 is 0 Å². The number of aryl methyl sites for hydroxylation is 1. The van der Waals surface area contributed by atoms with Crippen molar-refractivity contribution in [1.82, 2.24) is 5.16 Å². The van der Waals surface area contributed by atoms with Crippen molar-refractivity contribution in [3.8, 4) is 0 Å². The van der Waals surface area contributed by atoms with Crippen LogP contribution in [0.3, 0.4) is 0 Å². The molecular formula is C10H15NO. The first-order valence-corrected chi connectivity index (χ1v) is 4.72. The normalized spacial score (nSPS) is 27.6. The van der Waals surface area contributed by atoms with Gasteiger partial charge in [0.25, 0.3) is 0 Å². The minimum atomic E-state index is 0.572. The molecule has 0 saturated carbocycles. The Morgan fingerprint density at radius 1 is 1.42 bits per heavy atom. The molecular weight excluding hydrogens is 150 g/mol. The minimum Gasteiger partial charge on any atom is -0.361 e. The van der Waals surface area contributed by atoms with Gasteiger partial charge in [-0.3, -0.25) is 0 Å². The van der Waals surface area contributed by atoms with E-state index in [2.05, 4.69) is 25.9 Å². The molecule has 1 aliphatic rings. The summed E-state index contributed by atoms with van der Waals surface area (Å²) in [6.45, 7) is 6.61. The topological polar surface area (TPSA) is 26.0 Å². The van der Waals surface area contributed by atoms with Crippen molar-refractivity contribution in [2.24, 2.45) is 0 Å². The molecule has 2 atom stereocenters. The van der Waals surface area contributed by atoms with Gasteiger partial charge in [-0.1, -0.05) is 25.9 Å². The molecule has 1 aromatic heterocycles. The summed E-state index contributed by atoms with van der Waals surface area (Å²) in [7, 11) is 0. The van der Waals surface area contributed by atoms with Gasteiger partial charge in [0, 0.05) is 11.5 Å². The number of hydrogen-bond donors (Lipinski definition) is 0. The highest BCUT2D eigenvalue weighted by molar-refractivity contribution is 5.34. The maximum atomic E-state index is 5.33. The summed E-state index contributed by atoms with van der Waals surface area (Å²) in [5.41, 5.74) is 2.56. The standard InChI is InChI=1S/C10H15NO/c1-4-8-9-6(2)5-7(3)10(9)12-11-8/h6-7H,4-5H2,1-3H3/t6-,7+/m1/s1. The summed E-state index contributed by atoms with van der Waals surface area (Å²) in [6.07, 6.45) is 2.22. The zero-order chi connectivity index (χ0) is 8.72. The third kappa shape index (κ3) is 0.904.